The van der Waals surface area contributed by atoms with Crippen LogP contribution in [0.15, 0.2) is 5.38 Å². The van der Waals surface area contributed by atoms with Gasteiger partial charge in [0.15, 0.2) is 10.9 Å². The number of anilines is 1. The topological polar surface area (TPSA) is 71.1 Å². The van der Waals surface area contributed by atoms with Gasteiger partial charge in [-0.1, -0.05) is 0 Å². The third-order valence-corrected chi connectivity index (χ3v) is 3.52. The summed E-state index contributed by atoms with van der Waals surface area (Å²) < 4.78 is 0. The quantitative estimate of drug-likeness (QED) is 0.796. The summed E-state index contributed by atoms with van der Waals surface area (Å²) in [6.07, 6.45) is 1.93. The van der Waals surface area contributed by atoms with Crippen LogP contribution in [-0.2, 0) is 4.79 Å². The molecular weight excluding hydrogens is 238 g/mol. The number of carbonyl (C=O) groups excluding carboxylic acids is 2. The molecule has 1 aromatic rings. The minimum absolute atomic E-state index is 0.00780. The smallest absolute Gasteiger partial charge is 0.230 e. The highest BCUT2D eigenvalue weighted by molar-refractivity contribution is 7.14. The molecule has 1 atom stereocenters. The molecule has 6 heteroatoms. The third-order valence-electron chi connectivity index (χ3n) is 2.76. The number of piperidine rings is 1. The Hall–Kier alpha value is -1.27. The zero-order valence-corrected chi connectivity index (χ0v) is 10.5. The van der Waals surface area contributed by atoms with Crippen molar-refractivity contribution in [3.05, 3.63) is 11.1 Å². The molecule has 92 valence electrons. The highest BCUT2D eigenvalue weighted by atomic mass is 32.1. The van der Waals surface area contributed by atoms with Crippen LogP contribution in [0, 0.1) is 5.92 Å². The molecule has 1 amide bonds. The fraction of sp³-hybridized carbons (Fsp3) is 0.545. The molecule has 0 aromatic carbocycles. The summed E-state index contributed by atoms with van der Waals surface area (Å²) in [6.45, 7) is 3.16. The monoisotopic (exact) mass is 253 g/mol. The van der Waals surface area contributed by atoms with E-state index in [0.717, 1.165) is 25.9 Å². The molecule has 0 radical (unpaired) electrons. The number of Topliss-reactive ketones (excluding diaryl/α,β-unsaturated/α-hetero) is 1. The first kappa shape index (κ1) is 12.2. The van der Waals surface area contributed by atoms with E-state index in [2.05, 4.69) is 15.6 Å². The van der Waals surface area contributed by atoms with Crippen LogP contribution in [0.4, 0.5) is 5.13 Å². The van der Waals surface area contributed by atoms with Gasteiger partial charge in [0.2, 0.25) is 5.91 Å². The van der Waals surface area contributed by atoms with E-state index in [-0.39, 0.29) is 17.6 Å². The fourth-order valence-electron chi connectivity index (χ4n) is 1.78. The van der Waals surface area contributed by atoms with Gasteiger partial charge in [0.05, 0.1) is 5.92 Å². The van der Waals surface area contributed by atoms with Crippen molar-refractivity contribution >= 4 is 28.2 Å². The van der Waals surface area contributed by atoms with Crippen LogP contribution < -0.4 is 10.6 Å². The molecule has 1 saturated heterocycles. The number of nitrogens with one attached hydrogen (secondary N) is 2. The van der Waals surface area contributed by atoms with Crippen LogP contribution in [0.25, 0.3) is 0 Å². The van der Waals surface area contributed by atoms with Crippen LogP contribution in [0.3, 0.4) is 0 Å². The highest BCUT2D eigenvalue weighted by Crippen LogP contribution is 2.18. The van der Waals surface area contributed by atoms with Crippen molar-refractivity contribution in [3.8, 4) is 0 Å². The van der Waals surface area contributed by atoms with E-state index in [1.54, 1.807) is 5.38 Å². The van der Waals surface area contributed by atoms with Crippen molar-refractivity contribution in [1.29, 1.82) is 0 Å². The number of aromatic nitrogens is 1. The highest BCUT2D eigenvalue weighted by Gasteiger charge is 2.21. The number of carbonyl (C=O) groups is 2. The maximum Gasteiger partial charge on any atom is 0.230 e. The van der Waals surface area contributed by atoms with Gasteiger partial charge in [-0.3, -0.25) is 9.59 Å². The fourth-order valence-corrected chi connectivity index (χ4v) is 2.53. The number of nitrogens with zero attached hydrogens (tertiary/aromatic N) is 1. The van der Waals surface area contributed by atoms with E-state index in [4.69, 9.17) is 0 Å². The SMILES string of the molecule is CC(=O)c1csc(NC(=O)[C@H]2CCCNC2)n1. The summed E-state index contributed by atoms with van der Waals surface area (Å²) in [5.74, 6) is -0.0869. The maximum absolute atomic E-state index is 11.9. The molecule has 2 heterocycles. The van der Waals surface area contributed by atoms with Crippen LogP contribution in [0.2, 0.25) is 0 Å². The molecule has 0 bridgehead atoms. The number of amides is 1. The largest absolute Gasteiger partial charge is 0.316 e. The first-order chi connectivity index (χ1) is 8.16. The molecule has 1 aromatic heterocycles. The molecule has 0 aliphatic carbocycles. The molecule has 0 spiro atoms. The second-order valence-electron chi connectivity index (χ2n) is 4.13. The summed E-state index contributed by atoms with van der Waals surface area (Å²) in [7, 11) is 0. The van der Waals surface area contributed by atoms with Gasteiger partial charge in [-0.2, -0.15) is 0 Å². The van der Waals surface area contributed by atoms with E-state index < -0.39 is 0 Å². The lowest BCUT2D eigenvalue weighted by Crippen LogP contribution is -2.37. The summed E-state index contributed by atoms with van der Waals surface area (Å²) in [6, 6.07) is 0. The van der Waals surface area contributed by atoms with E-state index >= 15 is 0 Å². The van der Waals surface area contributed by atoms with Crippen LogP contribution in [0.1, 0.15) is 30.3 Å². The predicted molar refractivity (Wildman–Crippen MR) is 66.3 cm³/mol. The van der Waals surface area contributed by atoms with E-state index in [9.17, 15) is 9.59 Å². The van der Waals surface area contributed by atoms with Gasteiger partial charge in [0, 0.05) is 18.8 Å². The number of rotatable bonds is 3. The van der Waals surface area contributed by atoms with Crippen molar-refractivity contribution in [2.75, 3.05) is 18.4 Å². The van der Waals surface area contributed by atoms with Crippen molar-refractivity contribution < 1.29 is 9.59 Å². The standard InChI is InChI=1S/C11H15N3O2S/c1-7(15)9-6-17-11(13-9)14-10(16)8-3-2-4-12-5-8/h6,8,12H,2-5H2,1H3,(H,13,14,16)/t8-/m0/s1. The Morgan fingerprint density at radius 3 is 3.00 bits per heavy atom. The Morgan fingerprint density at radius 2 is 2.41 bits per heavy atom. The van der Waals surface area contributed by atoms with Crippen molar-refractivity contribution in [3.63, 3.8) is 0 Å². The van der Waals surface area contributed by atoms with Crippen LogP contribution in [-0.4, -0.2) is 29.8 Å². The molecule has 2 N–H and O–H groups in total. The molecule has 0 unspecified atom stereocenters. The van der Waals surface area contributed by atoms with Crippen molar-refractivity contribution in [2.45, 2.75) is 19.8 Å². The van der Waals surface area contributed by atoms with Crippen LogP contribution >= 0.6 is 11.3 Å². The van der Waals surface area contributed by atoms with Gasteiger partial charge < -0.3 is 10.6 Å². The second-order valence-corrected chi connectivity index (χ2v) is 4.98. The first-order valence-corrected chi connectivity index (χ1v) is 6.53. The molecule has 1 fully saturated rings. The number of ketones is 1. The lowest BCUT2D eigenvalue weighted by Gasteiger charge is -2.21. The zero-order valence-electron chi connectivity index (χ0n) is 9.66. The Morgan fingerprint density at radius 1 is 1.59 bits per heavy atom. The van der Waals surface area contributed by atoms with Gasteiger partial charge in [-0.05, 0) is 19.4 Å². The zero-order chi connectivity index (χ0) is 12.3. The van der Waals surface area contributed by atoms with Crippen LogP contribution in [0.5, 0.6) is 0 Å². The second kappa shape index (κ2) is 5.37. The van der Waals surface area contributed by atoms with E-state index in [0.29, 0.717) is 10.8 Å². The average Bonchev–Trinajstić information content (AvgIpc) is 2.79. The van der Waals surface area contributed by atoms with Gasteiger partial charge in [-0.15, -0.1) is 11.3 Å². The molecule has 0 saturated carbocycles. The predicted octanol–water partition coefficient (Wildman–Crippen LogP) is 1.28. The van der Waals surface area contributed by atoms with Gasteiger partial charge in [-0.25, -0.2) is 4.98 Å². The number of hydrogen-bond acceptors (Lipinski definition) is 5. The minimum atomic E-state index is -0.0823. The Kier molecular flexibility index (Phi) is 3.86. The van der Waals surface area contributed by atoms with E-state index in [1.807, 2.05) is 0 Å². The maximum atomic E-state index is 11.9. The Bertz CT molecular complexity index is 424. The van der Waals surface area contributed by atoms with Crippen molar-refractivity contribution in [2.24, 2.45) is 5.92 Å². The van der Waals surface area contributed by atoms with Gasteiger partial charge >= 0.3 is 0 Å². The molecular formula is C11H15N3O2S. The summed E-state index contributed by atoms with van der Waals surface area (Å²) in [4.78, 5) is 27.0. The lowest BCUT2D eigenvalue weighted by molar-refractivity contribution is -0.120. The molecule has 1 aliphatic heterocycles. The lowest BCUT2D eigenvalue weighted by atomic mass is 9.99. The summed E-state index contributed by atoms with van der Waals surface area (Å²) in [5.41, 5.74) is 0.409. The first-order valence-electron chi connectivity index (χ1n) is 5.65. The molecule has 2 rings (SSSR count). The third kappa shape index (κ3) is 3.10. The minimum Gasteiger partial charge on any atom is -0.316 e. The molecule has 1 aliphatic rings. The molecule has 5 nitrogen and oxygen atoms in total. The average molecular weight is 253 g/mol. The summed E-state index contributed by atoms with van der Waals surface area (Å²) >= 11 is 1.29. The normalized spacial score (nSPS) is 19.9. The van der Waals surface area contributed by atoms with E-state index in [1.165, 1.54) is 18.3 Å². The number of hydrogen-bond donors (Lipinski definition) is 2. The van der Waals surface area contributed by atoms with Gasteiger partial charge in [0.25, 0.3) is 0 Å². The molecule has 17 heavy (non-hydrogen) atoms. The van der Waals surface area contributed by atoms with Crippen molar-refractivity contribution in [1.82, 2.24) is 10.3 Å². The van der Waals surface area contributed by atoms with Gasteiger partial charge in [0.1, 0.15) is 5.69 Å². The number of thiazole rings is 1. The summed E-state index contributed by atoms with van der Waals surface area (Å²) in [5, 5.41) is 8.13. The Balaban J connectivity index is 1.94. The Labute approximate surface area is 104 Å².